The lowest BCUT2D eigenvalue weighted by Gasteiger charge is -2.10. The van der Waals surface area contributed by atoms with Gasteiger partial charge in [0.15, 0.2) is 0 Å². The van der Waals surface area contributed by atoms with Crippen LogP contribution in [-0.4, -0.2) is 11.2 Å². The predicted octanol–water partition coefficient (Wildman–Crippen LogP) is 8.41. The molecule has 0 radical (unpaired) electrons. The van der Waals surface area contributed by atoms with Crippen LogP contribution in [0.15, 0.2) is 24.3 Å². The summed E-state index contributed by atoms with van der Waals surface area (Å²) in [6.07, 6.45) is 23.9. The second-order valence-corrected chi connectivity index (χ2v) is 8.86. The van der Waals surface area contributed by atoms with Crippen LogP contribution in [-0.2, 0) is 12.8 Å². The molecule has 0 aliphatic heterocycles. The van der Waals surface area contributed by atoms with E-state index in [1.807, 2.05) is 6.92 Å². The highest BCUT2D eigenvalue weighted by Crippen LogP contribution is 2.18. The van der Waals surface area contributed by atoms with Crippen LogP contribution in [0.25, 0.3) is 0 Å². The van der Waals surface area contributed by atoms with Gasteiger partial charge in [-0.15, -0.1) is 0 Å². The van der Waals surface area contributed by atoms with Crippen LogP contribution in [0.5, 0.6) is 0 Å². The first-order valence-electron chi connectivity index (χ1n) is 12.5. The molecule has 0 amide bonds. The molecule has 1 aromatic carbocycles. The highest BCUT2D eigenvalue weighted by atomic mass is 16.3. The molecule has 1 aromatic rings. The maximum Gasteiger partial charge on any atom is 0.0512 e. The van der Waals surface area contributed by atoms with Crippen LogP contribution in [0, 0.1) is 0 Å². The third-order valence-electron chi connectivity index (χ3n) is 5.99. The molecule has 1 rings (SSSR count). The van der Waals surface area contributed by atoms with E-state index in [-0.39, 0.29) is 6.10 Å². The quantitative estimate of drug-likeness (QED) is 0.236. The Kier molecular flexibility index (Phi) is 16.4. The molecule has 0 aliphatic carbocycles. The SMILES string of the molecule is CCCCCCCCc1ccccc1CCCCCCCCCCCC(C)O. The Hall–Kier alpha value is -0.820. The average molecular weight is 389 g/mol. The molecule has 1 N–H and O–H groups in total. The topological polar surface area (TPSA) is 20.2 Å². The lowest BCUT2D eigenvalue weighted by molar-refractivity contribution is 0.180. The van der Waals surface area contributed by atoms with Gasteiger partial charge in [-0.05, 0) is 50.2 Å². The van der Waals surface area contributed by atoms with Crippen molar-refractivity contribution in [2.24, 2.45) is 0 Å². The van der Waals surface area contributed by atoms with Crippen molar-refractivity contribution in [2.75, 3.05) is 0 Å². The molecule has 28 heavy (non-hydrogen) atoms. The monoisotopic (exact) mass is 388 g/mol. The van der Waals surface area contributed by atoms with Crippen molar-refractivity contribution in [3.8, 4) is 0 Å². The van der Waals surface area contributed by atoms with E-state index in [1.165, 1.54) is 109 Å². The van der Waals surface area contributed by atoms with Gasteiger partial charge in [0.2, 0.25) is 0 Å². The Morgan fingerprint density at radius 2 is 1.00 bits per heavy atom. The Balaban J connectivity index is 2.03. The van der Waals surface area contributed by atoms with E-state index >= 15 is 0 Å². The molecule has 0 aliphatic rings. The molecule has 1 nitrogen and oxygen atoms in total. The Bertz CT molecular complexity index is 451. The first-order chi connectivity index (χ1) is 13.7. The molecule has 0 heterocycles. The van der Waals surface area contributed by atoms with Gasteiger partial charge in [0.1, 0.15) is 0 Å². The van der Waals surface area contributed by atoms with Crippen molar-refractivity contribution >= 4 is 0 Å². The number of unbranched alkanes of at least 4 members (excludes halogenated alkanes) is 13. The zero-order valence-electron chi connectivity index (χ0n) is 19.1. The summed E-state index contributed by atoms with van der Waals surface area (Å²) >= 11 is 0. The summed E-state index contributed by atoms with van der Waals surface area (Å²) in [5.74, 6) is 0. The molecule has 162 valence electrons. The zero-order valence-corrected chi connectivity index (χ0v) is 19.1. The highest BCUT2D eigenvalue weighted by molar-refractivity contribution is 5.27. The largest absolute Gasteiger partial charge is 0.393 e. The van der Waals surface area contributed by atoms with Crippen molar-refractivity contribution in [3.05, 3.63) is 35.4 Å². The molecule has 0 aromatic heterocycles. The molecule has 0 bridgehead atoms. The van der Waals surface area contributed by atoms with Crippen molar-refractivity contribution in [3.63, 3.8) is 0 Å². The number of rotatable bonds is 19. The Morgan fingerprint density at radius 1 is 0.607 bits per heavy atom. The summed E-state index contributed by atoms with van der Waals surface area (Å²) in [5, 5.41) is 9.26. The fourth-order valence-corrected chi connectivity index (χ4v) is 4.13. The molecule has 0 fully saturated rings. The van der Waals surface area contributed by atoms with Crippen molar-refractivity contribution < 1.29 is 5.11 Å². The summed E-state index contributed by atoms with van der Waals surface area (Å²) in [6.45, 7) is 4.19. The minimum absolute atomic E-state index is 0.115. The number of aliphatic hydroxyl groups excluding tert-OH is 1. The van der Waals surface area contributed by atoms with Crippen LogP contribution in [0.1, 0.15) is 128 Å². The molecule has 1 heteroatoms. The third kappa shape index (κ3) is 14.2. The lowest BCUT2D eigenvalue weighted by Crippen LogP contribution is -1.98. The minimum Gasteiger partial charge on any atom is -0.393 e. The Morgan fingerprint density at radius 3 is 1.43 bits per heavy atom. The maximum atomic E-state index is 9.26. The third-order valence-corrected chi connectivity index (χ3v) is 5.99. The van der Waals surface area contributed by atoms with E-state index in [2.05, 4.69) is 31.2 Å². The highest BCUT2D eigenvalue weighted by Gasteiger charge is 2.02. The molecular formula is C27H48O. The second kappa shape index (κ2) is 18.2. The number of hydrogen-bond acceptors (Lipinski definition) is 1. The van der Waals surface area contributed by atoms with Gasteiger partial charge in [-0.2, -0.15) is 0 Å². The molecular weight excluding hydrogens is 340 g/mol. The van der Waals surface area contributed by atoms with E-state index < -0.39 is 0 Å². The average Bonchev–Trinajstić information content (AvgIpc) is 2.69. The van der Waals surface area contributed by atoms with E-state index in [9.17, 15) is 5.11 Å². The van der Waals surface area contributed by atoms with Gasteiger partial charge in [-0.1, -0.05) is 115 Å². The van der Waals surface area contributed by atoms with Gasteiger partial charge in [0, 0.05) is 0 Å². The van der Waals surface area contributed by atoms with Crippen LogP contribution >= 0.6 is 0 Å². The van der Waals surface area contributed by atoms with E-state index in [1.54, 1.807) is 11.1 Å². The van der Waals surface area contributed by atoms with Gasteiger partial charge < -0.3 is 5.11 Å². The van der Waals surface area contributed by atoms with E-state index in [4.69, 9.17) is 0 Å². The van der Waals surface area contributed by atoms with Crippen LogP contribution in [0.3, 0.4) is 0 Å². The van der Waals surface area contributed by atoms with Gasteiger partial charge >= 0.3 is 0 Å². The van der Waals surface area contributed by atoms with Crippen LogP contribution < -0.4 is 0 Å². The lowest BCUT2D eigenvalue weighted by atomic mass is 9.96. The first-order valence-corrected chi connectivity index (χ1v) is 12.5. The van der Waals surface area contributed by atoms with E-state index in [0.717, 1.165) is 6.42 Å². The number of hydrogen-bond donors (Lipinski definition) is 1. The van der Waals surface area contributed by atoms with Crippen molar-refractivity contribution in [1.82, 2.24) is 0 Å². The van der Waals surface area contributed by atoms with Gasteiger partial charge in [-0.3, -0.25) is 0 Å². The molecule has 1 atom stereocenters. The summed E-state index contributed by atoms with van der Waals surface area (Å²) in [7, 11) is 0. The Labute approximate surface area is 176 Å². The van der Waals surface area contributed by atoms with Crippen molar-refractivity contribution in [1.29, 1.82) is 0 Å². The minimum atomic E-state index is -0.115. The van der Waals surface area contributed by atoms with Crippen LogP contribution in [0.2, 0.25) is 0 Å². The summed E-state index contributed by atoms with van der Waals surface area (Å²) < 4.78 is 0. The molecule has 0 saturated heterocycles. The van der Waals surface area contributed by atoms with Gasteiger partial charge in [-0.25, -0.2) is 0 Å². The summed E-state index contributed by atoms with van der Waals surface area (Å²) in [5.41, 5.74) is 3.21. The standard InChI is InChI=1S/C27H48O/c1-3-4-5-6-13-16-21-26-23-18-19-24-27(26)22-17-14-11-9-7-8-10-12-15-20-25(2)28/h18-19,23-25,28H,3-17,20-22H2,1-2H3. The predicted molar refractivity (Wildman–Crippen MR) is 125 cm³/mol. The maximum absolute atomic E-state index is 9.26. The van der Waals surface area contributed by atoms with Crippen LogP contribution in [0.4, 0.5) is 0 Å². The molecule has 1 unspecified atom stereocenters. The summed E-state index contributed by atoms with van der Waals surface area (Å²) in [4.78, 5) is 0. The number of aryl methyl sites for hydroxylation is 2. The summed E-state index contributed by atoms with van der Waals surface area (Å²) in [6, 6.07) is 9.16. The molecule has 0 spiro atoms. The zero-order chi connectivity index (χ0) is 20.3. The fourth-order valence-electron chi connectivity index (χ4n) is 4.13. The number of aliphatic hydroxyl groups is 1. The van der Waals surface area contributed by atoms with Crippen molar-refractivity contribution in [2.45, 2.75) is 136 Å². The van der Waals surface area contributed by atoms with Gasteiger partial charge in [0.25, 0.3) is 0 Å². The normalized spacial score (nSPS) is 12.4. The number of benzene rings is 1. The second-order valence-electron chi connectivity index (χ2n) is 8.86. The fraction of sp³-hybridized carbons (Fsp3) is 0.778. The van der Waals surface area contributed by atoms with Gasteiger partial charge in [0.05, 0.1) is 6.10 Å². The molecule has 0 saturated carbocycles. The smallest absolute Gasteiger partial charge is 0.0512 e. The first kappa shape index (κ1) is 25.2. The van der Waals surface area contributed by atoms with E-state index in [0.29, 0.717) is 0 Å².